The van der Waals surface area contributed by atoms with E-state index >= 15 is 0 Å². The zero-order valence-electron chi connectivity index (χ0n) is 9.96. The summed E-state index contributed by atoms with van der Waals surface area (Å²) in [6, 6.07) is 0.847. The highest BCUT2D eigenvalue weighted by molar-refractivity contribution is 6.60. The van der Waals surface area contributed by atoms with Gasteiger partial charge in [0.1, 0.15) is 0 Å². The van der Waals surface area contributed by atoms with E-state index in [1.807, 2.05) is 0 Å². The van der Waals surface area contributed by atoms with Crippen LogP contribution in [0.15, 0.2) is 0 Å². The molecule has 0 aliphatic carbocycles. The summed E-state index contributed by atoms with van der Waals surface area (Å²) in [5.41, 5.74) is 0. The maximum absolute atomic E-state index is 5.32. The monoisotopic (exact) mass is 243 g/mol. The van der Waals surface area contributed by atoms with Crippen LogP contribution in [0.4, 0.5) is 0 Å². The molecule has 0 unspecified atom stereocenters. The van der Waals surface area contributed by atoms with Crippen molar-refractivity contribution in [1.29, 1.82) is 0 Å². The summed E-state index contributed by atoms with van der Waals surface area (Å²) in [5.74, 6) is 0. The molecule has 6 heteroatoms. The number of hydrogen-bond acceptors (Lipinski definition) is 3. The van der Waals surface area contributed by atoms with Crippen molar-refractivity contribution in [3.05, 3.63) is 0 Å². The fourth-order valence-electron chi connectivity index (χ4n) is 1.03. The SMILES string of the molecule is CO[Si](CC[N+](C)(C)C)(OC)OC.[Cl-]. The predicted octanol–water partition coefficient (Wildman–Crippen LogP) is -2.43. The van der Waals surface area contributed by atoms with Crippen LogP contribution >= 0.6 is 0 Å². The van der Waals surface area contributed by atoms with Gasteiger partial charge in [-0.1, -0.05) is 0 Å². The first kappa shape index (κ1) is 16.8. The molecule has 0 saturated carbocycles. The summed E-state index contributed by atoms with van der Waals surface area (Å²) in [7, 11) is 9.02. The van der Waals surface area contributed by atoms with Gasteiger partial charge >= 0.3 is 8.80 Å². The first-order chi connectivity index (χ1) is 5.89. The van der Waals surface area contributed by atoms with E-state index in [0.29, 0.717) is 0 Å². The molecule has 88 valence electrons. The highest BCUT2D eigenvalue weighted by Gasteiger charge is 2.39. The molecule has 0 aromatic heterocycles. The van der Waals surface area contributed by atoms with E-state index in [-0.39, 0.29) is 12.4 Å². The summed E-state index contributed by atoms with van der Waals surface area (Å²) in [6.07, 6.45) is 0. The highest BCUT2D eigenvalue weighted by atomic mass is 35.5. The molecule has 0 amide bonds. The summed E-state index contributed by atoms with van der Waals surface area (Å²) < 4.78 is 16.8. The summed E-state index contributed by atoms with van der Waals surface area (Å²) in [5, 5.41) is 0. The van der Waals surface area contributed by atoms with Crippen molar-refractivity contribution in [2.45, 2.75) is 6.04 Å². The quantitative estimate of drug-likeness (QED) is 0.384. The maximum Gasteiger partial charge on any atom is 0.505 e. The average molecular weight is 244 g/mol. The Morgan fingerprint density at radius 2 is 1.29 bits per heavy atom. The molecule has 0 rings (SSSR count). The molecule has 0 spiro atoms. The normalized spacial score (nSPS) is 12.4. The molecule has 0 aliphatic rings. The highest BCUT2D eigenvalue weighted by Crippen LogP contribution is 2.13. The molecular weight excluding hydrogens is 222 g/mol. The fourth-order valence-corrected chi connectivity index (χ4v) is 3.09. The lowest BCUT2D eigenvalue weighted by atomic mass is 10.6. The molecular formula is C8H22ClNO3Si. The lowest BCUT2D eigenvalue weighted by Crippen LogP contribution is -3.00. The predicted molar refractivity (Wildman–Crippen MR) is 54.5 cm³/mol. The Bertz CT molecular complexity index is 140. The molecule has 0 heterocycles. The second-order valence-corrected chi connectivity index (χ2v) is 7.15. The van der Waals surface area contributed by atoms with Crippen molar-refractivity contribution in [3.63, 3.8) is 0 Å². The van der Waals surface area contributed by atoms with Gasteiger partial charge in [-0.3, -0.25) is 0 Å². The topological polar surface area (TPSA) is 27.7 Å². The van der Waals surface area contributed by atoms with Crippen LogP contribution in [0.2, 0.25) is 6.04 Å². The minimum atomic E-state index is -2.34. The largest absolute Gasteiger partial charge is 1.00 e. The minimum Gasteiger partial charge on any atom is -1.00 e. The van der Waals surface area contributed by atoms with Gasteiger partial charge in [0, 0.05) is 21.3 Å². The van der Waals surface area contributed by atoms with Crippen LogP contribution in [0.3, 0.4) is 0 Å². The molecule has 0 atom stereocenters. The van der Waals surface area contributed by atoms with Crippen LogP contribution in [0, 0.1) is 0 Å². The van der Waals surface area contributed by atoms with Crippen LogP contribution in [0.1, 0.15) is 0 Å². The third kappa shape index (κ3) is 5.95. The molecule has 0 aromatic rings. The van der Waals surface area contributed by atoms with Gasteiger partial charge in [-0.05, 0) is 0 Å². The third-order valence-electron chi connectivity index (χ3n) is 2.02. The molecule has 0 aromatic carbocycles. The van der Waals surface area contributed by atoms with Crippen molar-refractivity contribution in [2.75, 3.05) is 49.0 Å². The Hall–Kier alpha value is 0.347. The second kappa shape index (κ2) is 6.76. The Morgan fingerprint density at radius 3 is 1.50 bits per heavy atom. The first-order valence-corrected chi connectivity index (χ1v) is 6.28. The minimum absolute atomic E-state index is 0. The van der Waals surface area contributed by atoms with E-state index < -0.39 is 8.80 Å². The Balaban J connectivity index is 0. The molecule has 0 bridgehead atoms. The lowest BCUT2D eigenvalue weighted by molar-refractivity contribution is -0.868. The van der Waals surface area contributed by atoms with Crippen molar-refractivity contribution in [3.8, 4) is 0 Å². The van der Waals surface area contributed by atoms with Crippen LogP contribution in [0.5, 0.6) is 0 Å². The second-order valence-electron chi connectivity index (χ2n) is 4.06. The first-order valence-electron chi connectivity index (χ1n) is 4.35. The van der Waals surface area contributed by atoms with Crippen molar-refractivity contribution < 1.29 is 30.2 Å². The van der Waals surface area contributed by atoms with Gasteiger partial charge in [-0.25, -0.2) is 0 Å². The smallest absolute Gasteiger partial charge is 0.505 e. The van der Waals surface area contributed by atoms with Crippen LogP contribution in [-0.4, -0.2) is 62.3 Å². The number of rotatable bonds is 6. The maximum atomic E-state index is 5.32. The molecule has 0 saturated heterocycles. The van der Waals surface area contributed by atoms with Crippen molar-refractivity contribution >= 4 is 8.80 Å². The standard InChI is InChI=1S/C8H22NO3Si.ClH/c1-9(2,3)7-8-13(10-4,11-5)12-6;/h7-8H2,1-6H3;1H/q+1;/p-1. The van der Waals surface area contributed by atoms with E-state index in [0.717, 1.165) is 17.1 Å². The number of halogens is 1. The molecule has 0 aliphatic heterocycles. The van der Waals surface area contributed by atoms with E-state index in [4.69, 9.17) is 13.3 Å². The van der Waals surface area contributed by atoms with Gasteiger partial charge in [0.15, 0.2) is 0 Å². The van der Waals surface area contributed by atoms with Gasteiger partial charge in [-0.2, -0.15) is 0 Å². The van der Waals surface area contributed by atoms with Gasteiger partial charge in [-0.15, -0.1) is 0 Å². The number of quaternary nitrogens is 1. The van der Waals surface area contributed by atoms with E-state index in [9.17, 15) is 0 Å². The molecule has 4 nitrogen and oxygen atoms in total. The van der Waals surface area contributed by atoms with Gasteiger partial charge in [0.2, 0.25) is 0 Å². The molecule has 0 fully saturated rings. The van der Waals surface area contributed by atoms with Crippen molar-refractivity contribution in [2.24, 2.45) is 0 Å². The van der Waals surface area contributed by atoms with Gasteiger partial charge < -0.3 is 30.2 Å². The van der Waals surface area contributed by atoms with Crippen LogP contribution in [-0.2, 0) is 13.3 Å². The van der Waals surface area contributed by atoms with E-state index in [1.165, 1.54) is 0 Å². The van der Waals surface area contributed by atoms with E-state index in [2.05, 4.69) is 21.1 Å². The third-order valence-corrected chi connectivity index (χ3v) is 4.72. The summed E-state index contributed by atoms with van der Waals surface area (Å²) in [4.78, 5) is 0. The van der Waals surface area contributed by atoms with Crippen LogP contribution < -0.4 is 12.4 Å². The molecule has 0 radical (unpaired) electrons. The fraction of sp³-hybridized carbons (Fsp3) is 1.00. The number of hydrogen-bond donors (Lipinski definition) is 0. The zero-order valence-corrected chi connectivity index (χ0v) is 11.7. The zero-order chi connectivity index (χ0) is 10.5. The molecule has 14 heavy (non-hydrogen) atoms. The van der Waals surface area contributed by atoms with Crippen LogP contribution in [0.25, 0.3) is 0 Å². The van der Waals surface area contributed by atoms with E-state index in [1.54, 1.807) is 21.3 Å². The lowest BCUT2D eigenvalue weighted by Gasteiger charge is -2.29. The Labute approximate surface area is 94.5 Å². The summed E-state index contributed by atoms with van der Waals surface area (Å²) in [6.45, 7) is 0.988. The Morgan fingerprint density at radius 1 is 0.929 bits per heavy atom. The van der Waals surface area contributed by atoms with Gasteiger partial charge in [0.25, 0.3) is 0 Å². The van der Waals surface area contributed by atoms with Crippen molar-refractivity contribution in [1.82, 2.24) is 0 Å². The number of nitrogens with zero attached hydrogens (tertiary/aromatic N) is 1. The summed E-state index contributed by atoms with van der Waals surface area (Å²) >= 11 is 0. The Kier molecular flexibility index (Phi) is 8.10. The molecule has 0 N–H and O–H groups in total. The average Bonchev–Trinajstić information content (AvgIpc) is 2.06. The van der Waals surface area contributed by atoms with Gasteiger partial charge in [0.05, 0.1) is 33.7 Å².